The van der Waals surface area contributed by atoms with Crippen LogP contribution in [-0.4, -0.2) is 31.2 Å². The number of nitrogens with zero attached hydrogens (tertiary/aromatic N) is 1. The van der Waals surface area contributed by atoms with Crippen LogP contribution in [0.2, 0.25) is 0 Å². The summed E-state index contributed by atoms with van der Waals surface area (Å²) in [4.78, 5) is 23.4. The largest absolute Gasteiger partial charge is 0.442 e. The number of ether oxygens (including phenoxy) is 1. The maximum absolute atomic E-state index is 13.6. The second kappa shape index (κ2) is 5.21. The number of halogens is 2. The molecule has 1 aliphatic heterocycles. The summed E-state index contributed by atoms with van der Waals surface area (Å²) in [5, 5.41) is 2.51. The molecule has 0 radical (unpaired) electrons. The first-order valence-electron chi connectivity index (χ1n) is 5.65. The van der Waals surface area contributed by atoms with Crippen molar-refractivity contribution in [2.45, 2.75) is 13.0 Å². The summed E-state index contributed by atoms with van der Waals surface area (Å²) in [5.41, 5.74) is -0.0447. The van der Waals surface area contributed by atoms with Crippen molar-refractivity contribution in [3.05, 3.63) is 29.8 Å². The Morgan fingerprint density at radius 3 is 2.89 bits per heavy atom. The first-order chi connectivity index (χ1) is 8.97. The summed E-state index contributed by atoms with van der Waals surface area (Å²) in [7, 11) is 0. The number of cyclic esters (lactones) is 1. The van der Waals surface area contributed by atoms with Gasteiger partial charge in [0.05, 0.1) is 18.8 Å². The highest BCUT2D eigenvalue weighted by atomic mass is 19.1. The number of rotatable bonds is 3. The molecule has 5 nitrogen and oxygen atoms in total. The SMILES string of the molecule is CC(=O)NCC1CN(c2ccc(F)cc2F)C(=O)O1. The van der Waals surface area contributed by atoms with Gasteiger partial charge in [-0.05, 0) is 12.1 Å². The second-order valence-corrected chi connectivity index (χ2v) is 4.15. The van der Waals surface area contributed by atoms with Crippen LogP contribution in [-0.2, 0) is 9.53 Å². The fourth-order valence-corrected chi connectivity index (χ4v) is 1.78. The third-order valence-corrected chi connectivity index (χ3v) is 2.65. The molecule has 19 heavy (non-hydrogen) atoms. The summed E-state index contributed by atoms with van der Waals surface area (Å²) in [6, 6.07) is 2.93. The normalized spacial score (nSPS) is 18.4. The van der Waals surface area contributed by atoms with E-state index in [0.717, 1.165) is 11.0 Å². The summed E-state index contributed by atoms with van der Waals surface area (Å²) < 4.78 is 31.3. The van der Waals surface area contributed by atoms with Crippen LogP contribution in [0.5, 0.6) is 0 Å². The van der Waals surface area contributed by atoms with Gasteiger partial charge in [0.2, 0.25) is 5.91 Å². The number of hydrogen-bond acceptors (Lipinski definition) is 3. The van der Waals surface area contributed by atoms with Gasteiger partial charge in [-0.1, -0.05) is 0 Å². The van der Waals surface area contributed by atoms with Gasteiger partial charge < -0.3 is 10.1 Å². The molecule has 1 atom stereocenters. The van der Waals surface area contributed by atoms with E-state index in [9.17, 15) is 18.4 Å². The third-order valence-electron chi connectivity index (χ3n) is 2.65. The van der Waals surface area contributed by atoms with E-state index < -0.39 is 23.8 Å². The second-order valence-electron chi connectivity index (χ2n) is 4.15. The van der Waals surface area contributed by atoms with E-state index >= 15 is 0 Å². The lowest BCUT2D eigenvalue weighted by Crippen LogP contribution is -2.33. The minimum absolute atomic E-state index is 0.0447. The van der Waals surface area contributed by atoms with Gasteiger partial charge in [0, 0.05) is 13.0 Å². The van der Waals surface area contributed by atoms with Gasteiger partial charge in [0.25, 0.3) is 0 Å². The van der Waals surface area contributed by atoms with Gasteiger partial charge in [0.15, 0.2) is 0 Å². The first kappa shape index (κ1) is 13.3. The lowest BCUT2D eigenvalue weighted by atomic mass is 10.2. The first-order valence-corrected chi connectivity index (χ1v) is 5.65. The van der Waals surface area contributed by atoms with Gasteiger partial charge in [0.1, 0.15) is 17.7 Å². The van der Waals surface area contributed by atoms with E-state index in [1.54, 1.807) is 0 Å². The minimum Gasteiger partial charge on any atom is -0.442 e. The van der Waals surface area contributed by atoms with Crippen molar-refractivity contribution in [2.75, 3.05) is 18.0 Å². The van der Waals surface area contributed by atoms with Crippen LogP contribution in [0.3, 0.4) is 0 Å². The molecule has 0 aliphatic carbocycles. The lowest BCUT2D eigenvalue weighted by molar-refractivity contribution is -0.119. The number of hydrogen-bond donors (Lipinski definition) is 1. The topological polar surface area (TPSA) is 58.6 Å². The molecule has 1 unspecified atom stereocenters. The molecule has 2 amide bonds. The van der Waals surface area contributed by atoms with Crippen molar-refractivity contribution in [1.82, 2.24) is 5.32 Å². The molecular weight excluding hydrogens is 258 g/mol. The Bertz CT molecular complexity index is 522. The predicted octanol–water partition coefficient (Wildman–Crippen LogP) is 1.43. The molecule has 1 N–H and O–H groups in total. The summed E-state index contributed by atoms with van der Waals surface area (Å²) in [6.45, 7) is 1.59. The molecule has 102 valence electrons. The number of anilines is 1. The number of carbonyl (C=O) groups excluding carboxylic acids is 2. The van der Waals surface area contributed by atoms with Gasteiger partial charge in [-0.25, -0.2) is 13.6 Å². The quantitative estimate of drug-likeness (QED) is 0.903. The smallest absolute Gasteiger partial charge is 0.414 e. The zero-order valence-corrected chi connectivity index (χ0v) is 10.2. The Morgan fingerprint density at radius 2 is 2.26 bits per heavy atom. The monoisotopic (exact) mass is 270 g/mol. The van der Waals surface area contributed by atoms with E-state index in [2.05, 4.69) is 5.32 Å². The van der Waals surface area contributed by atoms with Crippen molar-refractivity contribution in [1.29, 1.82) is 0 Å². The Balaban J connectivity index is 2.09. The number of amides is 2. The molecule has 0 aromatic heterocycles. The molecule has 1 saturated heterocycles. The molecular formula is C12H12F2N2O3. The third kappa shape index (κ3) is 2.98. The van der Waals surface area contributed by atoms with Gasteiger partial charge in [-0.15, -0.1) is 0 Å². The maximum atomic E-state index is 13.6. The van der Waals surface area contributed by atoms with Gasteiger partial charge in [-0.3, -0.25) is 9.69 Å². The Hall–Kier alpha value is -2.18. The van der Waals surface area contributed by atoms with E-state index in [1.165, 1.54) is 13.0 Å². The molecule has 7 heteroatoms. The van der Waals surface area contributed by atoms with Crippen molar-refractivity contribution in [3.63, 3.8) is 0 Å². The standard InChI is InChI=1S/C12H12F2N2O3/c1-7(17)15-5-9-6-16(12(18)19-9)11-3-2-8(13)4-10(11)14/h2-4,9H,5-6H2,1H3,(H,15,17). The lowest BCUT2D eigenvalue weighted by Gasteiger charge is -2.13. The summed E-state index contributed by atoms with van der Waals surface area (Å²) in [6.07, 6.45) is -1.28. The Morgan fingerprint density at radius 1 is 1.53 bits per heavy atom. The van der Waals surface area contributed by atoms with Crippen LogP contribution in [0.25, 0.3) is 0 Å². The molecule has 1 aromatic carbocycles. The Labute approximate surface area is 108 Å². The summed E-state index contributed by atoms with van der Waals surface area (Å²) >= 11 is 0. The zero-order chi connectivity index (χ0) is 14.0. The molecule has 1 aliphatic rings. The fraction of sp³-hybridized carbons (Fsp3) is 0.333. The van der Waals surface area contributed by atoms with E-state index in [-0.39, 0.29) is 24.7 Å². The number of benzene rings is 1. The maximum Gasteiger partial charge on any atom is 0.414 e. The summed E-state index contributed by atoms with van der Waals surface area (Å²) in [5.74, 6) is -1.80. The van der Waals surface area contributed by atoms with Gasteiger partial charge >= 0.3 is 6.09 Å². The highest BCUT2D eigenvalue weighted by molar-refractivity contribution is 5.90. The average Bonchev–Trinajstić information content (AvgIpc) is 2.68. The fourth-order valence-electron chi connectivity index (χ4n) is 1.78. The van der Waals surface area contributed by atoms with Crippen molar-refractivity contribution in [3.8, 4) is 0 Å². The van der Waals surface area contributed by atoms with Crippen LogP contribution in [0.4, 0.5) is 19.3 Å². The molecule has 1 fully saturated rings. The van der Waals surface area contributed by atoms with Gasteiger partial charge in [-0.2, -0.15) is 0 Å². The highest BCUT2D eigenvalue weighted by Crippen LogP contribution is 2.25. The molecule has 1 aromatic rings. The predicted molar refractivity (Wildman–Crippen MR) is 62.7 cm³/mol. The number of nitrogens with one attached hydrogen (secondary N) is 1. The molecule has 1 heterocycles. The van der Waals surface area contributed by atoms with E-state index in [1.807, 2.05) is 0 Å². The number of carbonyl (C=O) groups is 2. The Kier molecular flexibility index (Phi) is 3.64. The van der Waals surface area contributed by atoms with Crippen molar-refractivity contribution >= 4 is 17.7 Å². The molecule has 0 saturated carbocycles. The molecule has 0 bridgehead atoms. The van der Waals surface area contributed by atoms with Crippen molar-refractivity contribution < 1.29 is 23.1 Å². The van der Waals surface area contributed by atoms with Crippen molar-refractivity contribution in [2.24, 2.45) is 0 Å². The van der Waals surface area contributed by atoms with Crippen LogP contribution in [0, 0.1) is 11.6 Å². The van der Waals surface area contributed by atoms with E-state index in [4.69, 9.17) is 4.74 Å². The van der Waals surface area contributed by atoms with Crippen LogP contribution in [0.1, 0.15) is 6.92 Å². The zero-order valence-electron chi connectivity index (χ0n) is 10.2. The van der Waals surface area contributed by atoms with Crippen LogP contribution < -0.4 is 10.2 Å². The van der Waals surface area contributed by atoms with Crippen LogP contribution in [0.15, 0.2) is 18.2 Å². The minimum atomic E-state index is -0.836. The van der Waals surface area contributed by atoms with Crippen LogP contribution >= 0.6 is 0 Å². The molecule has 2 rings (SSSR count). The van der Waals surface area contributed by atoms with E-state index in [0.29, 0.717) is 6.07 Å². The highest BCUT2D eigenvalue weighted by Gasteiger charge is 2.33. The molecule has 0 spiro atoms. The average molecular weight is 270 g/mol.